The Morgan fingerprint density at radius 1 is 0.923 bits per heavy atom. The lowest BCUT2D eigenvalue weighted by molar-refractivity contribution is -0.123. The molecule has 0 spiro atoms. The molecule has 0 bridgehead atoms. The van der Waals surface area contributed by atoms with Gasteiger partial charge in [-0.15, -0.1) is 0 Å². The van der Waals surface area contributed by atoms with E-state index in [9.17, 15) is 4.79 Å². The molecule has 0 radical (unpaired) electrons. The molecular formula is C21H27NO4. The second kappa shape index (κ2) is 9.13. The summed E-state index contributed by atoms with van der Waals surface area (Å²) in [7, 11) is 3.23. The molecule has 2 rings (SSSR count). The monoisotopic (exact) mass is 357 g/mol. The zero-order valence-electron chi connectivity index (χ0n) is 16.1. The molecule has 26 heavy (non-hydrogen) atoms. The van der Waals surface area contributed by atoms with Crippen LogP contribution in [0.3, 0.4) is 0 Å². The van der Waals surface area contributed by atoms with Crippen LogP contribution < -0.4 is 19.5 Å². The van der Waals surface area contributed by atoms with Crippen molar-refractivity contribution in [2.45, 2.75) is 27.2 Å². The van der Waals surface area contributed by atoms with E-state index in [4.69, 9.17) is 14.2 Å². The van der Waals surface area contributed by atoms with E-state index in [1.54, 1.807) is 14.2 Å². The molecule has 0 aliphatic heterocycles. The first-order valence-corrected chi connectivity index (χ1v) is 8.63. The first-order chi connectivity index (χ1) is 12.4. The average molecular weight is 357 g/mol. The summed E-state index contributed by atoms with van der Waals surface area (Å²) in [5, 5.41) is 2.88. The molecule has 0 fully saturated rings. The zero-order valence-corrected chi connectivity index (χ0v) is 16.1. The van der Waals surface area contributed by atoms with E-state index in [1.807, 2.05) is 51.1 Å². The van der Waals surface area contributed by atoms with Gasteiger partial charge in [-0.3, -0.25) is 4.79 Å². The quantitative estimate of drug-likeness (QED) is 0.787. The van der Waals surface area contributed by atoms with Crippen LogP contribution in [-0.4, -0.2) is 33.3 Å². The van der Waals surface area contributed by atoms with E-state index in [-0.39, 0.29) is 12.5 Å². The maximum Gasteiger partial charge on any atom is 0.257 e. The van der Waals surface area contributed by atoms with Crippen LogP contribution >= 0.6 is 0 Å². The summed E-state index contributed by atoms with van der Waals surface area (Å²) in [4.78, 5) is 12.0. The fraction of sp³-hybridized carbons (Fsp3) is 0.381. The number of rotatable bonds is 8. The summed E-state index contributed by atoms with van der Waals surface area (Å²) in [5.41, 5.74) is 4.56. The van der Waals surface area contributed by atoms with Gasteiger partial charge in [-0.05, 0) is 73.7 Å². The Balaban J connectivity index is 1.83. The van der Waals surface area contributed by atoms with E-state index in [1.165, 1.54) is 5.56 Å². The van der Waals surface area contributed by atoms with Crippen LogP contribution in [-0.2, 0) is 11.2 Å². The number of benzene rings is 2. The largest absolute Gasteiger partial charge is 0.493 e. The number of carbonyl (C=O) groups is 1. The number of nitrogens with one attached hydrogen (secondary N) is 1. The highest BCUT2D eigenvalue weighted by molar-refractivity contribution is 5.77. The molecule has 0 saturated carbocycles. The highest BCUT2D eigenvalue weighted by atomic mass is 16.5. The summed E-state index contributed by atoms with van der Waals surface area (Å²) < 4.78 is 16.2. The highest BCUT2D eigenvalue weighted by Gasteiger charge is 2.09. The fourth-order valence-electron chi connectivity index (χ4n) is 2.63. The van der Waals surface area contributed by atoms with Crippen molar-refractivity contribution in [1.82, 2.24) is 5.32 Å². The second-order valence-electron chi connectivity index (χ2n) is 6.27. The normalized spacial score (nSPS) is 10.3. The van der Waals surface area contributed by atoms with Crippen LogP contribution in [0.2, 0.25) is 0 Å². The summed E-state index contributed by atoms with van der Waals surface area (Å²) in [6.07, 6.45) is 0.710. The van der Waals surface area contributed by atoms with Crippen molar-refractivity contribution in [1.29, 1.82) is 0 Å². The topological polar surface area (TPSA) is 56.8 Å². The highest BCUT2D eigenvalue weighted by Crippen LogP contribution is 2.30. The molecule has 2 aromatic carbocycles. The number of hydrogen-bond acceptors (Lipinski definition) is 4. The number of methoxy groups -OCH3 is 2. The minimum absolute atomic E-state index is 0.00736. The number of ether oxygens (including phenoxy) is 3. The Bertz CT molecular complexity index is 771. The van der Waals surface area contributed by atoms with Crippen LogP contribution in [0.1, 0.15) is 22.3 Å². The lowest BCUT2D eigenvalue weighted by Gasteiger charge is -2.13. The lowest BCUT2D eigenvalue weighted by Crippen LogP contribution is -2.30. The molecule has 5 nitrogen and oxygen atoms in total. The first kappa shape index (κ1) is 19.6. The summed E-state index contributed by atoms with van der Waals surface area (Å²) in [6, 6.07) is 9.70. The Morgan fingerprint density at radius 3 is 2.27 bits per heavy atom. The van der Waals surface area contributed by atoms with Gasteiger partial charge < -0.3 is 19.5 Å². The summed E-state index contributed by atoms with van der Waals surface area (Å²) in [5.74, 6) is 1.97. The standard InChI is InChI=1S/C21H27NO4/c1-14-6-7-18(10-15(14)2)26-13-21(23)22-9-8-17-12-20(25-5)19(24-4)11-16(17)3/h6-7,10-12H,8-9,13H2,1-5H3,(H,22,23). The SMILES string of the molecule is COc1cc(C)c(CCNC(=O)COc2ccc(C)c(C)c2)cc1OC. The fourth-order valence-corrected chi connectivity index (χ4v) is 2.63. The molecule has 5 heteroatoms. The Labute approximate surface area is 155 Å². The average Bonchev–Trinajstić information content (AvgIpc) is 2.63. The Kier molecular flexibility index (Phi) is 6.89. The van der Waals surface area contributed by atoms with Crippen molar-refractivity contribution in [2.24, 2.45) is 0 Å². The van der Waals surface area contributed by atoms with Crippen molar-refractivity contribution >= 4 is 5.91 Å². The van der Waals surface area contributed by atoms with Gasteiger partial charge in [-0.25, -0.2) is 0 Å². The first-order valence-electron chi connectivity index (χ1n) is 8.63. The van der Waals surface area contributed by atoms with E-state index in [2.05, 4.69) is 5.32 Å². The molecule has 0 aromatic heterocycles. The van der Waals surface area contributed by atoms with Crippen LogP contribution in [0.5, 0.6) is 17.2 Å². The predicted molar refractivity (Wildman–Crippen MR) is 102 cm³/mol. The molecular weight excluding hydrogens is 330 g/mol. The molecule has 1 amide bonds. The lowest BCUT2D eigenvalue weighted by atomic mass is 10.0. The third-order valence-electron chi connectivity index (χ3n) is 4.41. The minimum Gasteiger partial charge on any atom is -0.493 e. The molecule has 2 aromatic rings. The number of aryl methyl sites for hydroxylation is 3. The van der Waals surface area contributed by atoms with Crippen molar-refractivity contribution in [3.8, 4) is 17.2 Å². The Morgan fingerprint density at radius 2 is 1.62 bits per heavy atom. The molecule has 1 N–H and O–H groups in total. The maximum absolute atomic E-state index is 12.0. The van der Waals surface area contributed by atoms with Crippen LogP contribution in [0.25, 0.3) is 0 Å². The maximum atomic E-state index is 12.0. The van der Waals surface area contributed by atoms with Crippen molar-refractivity contribution in [3.63, 3.8) is 0 Å². The van der Waals surface area contributed by atoms with Gasteiger partial charge in [-0.2, -0.15) is 0 Å². The summed E-state index contributed by atoms with van der Waals surface area (Å²) in [6.45, 7) is 6.62. The zero-order chi connectivity index (χ0) is 19.1. The summed E-state index contributed by atoms with van der Waals surface area (Å²) >= 11 is 0. The molecule has 0 aliphatic carbocycles. The molecule has 0 unspecified atom stereocenters. The number of carbonyl (C=O) groups excluding carboxylic acids is 1. The van der Waals surface area contributed by atoms with Gasteiger partial charge in [0, 0.05) is 6.54 Å². The molecule has 140 valence electrons. The van der Waals surface area contributed by atoms with E-state index >= 15 is 0 Å². The van der Waals surface area contributed by atoms with Gasteiger partial charge >= 0.3 is 0 Å². The Hall–Kier alpha value is -2.69. The van der Waals surface area contributed by atoms with Crippen LogP contribution in [0.15, 0.2) is 30.3 Å². The van der Waals surface area contributed by atoms with Crippen molar-refractivity contribution < 1.29 is 19.0 Å². The van der Waals surface area contributed by atoms with Gasteiger partial charge in [0.2, 0.25) is 0 Å². The van der Waals surface area contributed by atoms with Gasteiger partial charge in [0.25, 0.3) is 5.91 Å². The molecule has 0 heterocycles. The van der Waals surface area contributed by atoms with Gasteiger partial charge in [0.15, 0.2) is 18.1 Å². The van der Waals surface area contributed by atoms with E-state index < -0.39 is 0 Å². The van der Waals surface area contributed by atoms with Gasteiger partial charge in [-0.1, -0.05) is 6.07 Å². The molecule has 0 saturated heterocycles. The number of amides is 1. The third kappa shape index (κ3) is 5.15. The predicted octanol–water partition coefficient (Wildman–Crippen LogP) is 3.37. The smallest absolute Gasteiger partial charge is 0.257 e. The van der Waals surface area contributed by atoms with Crippen molar-refractivity contribution in [2.75, 3.05) is 27.4 Å². The van der Waals surface area contributed by atoms with E-state index in [0.717, 1.165) is 16.7 Å². The van der Waals surface area contributed by atoms with Crippen LogP contribution in [0, 0.1) is 20.8 Å². The second-order valence-corrected chi connectivity index (χ2v) is 6.27. The molecule has 0 atom stereocenters. The minimum atomic E-state index is -0.138. The van der Waals surface area contributed by atoms with E-state index in [0.29, 0.717) is 30.2 Å². The van der Waals surface area contributed by atoms with Crippen molar-refractivity contribution in [3.05, 3.63) is 52.6 Å². The number of hydrogen-bond donors (Lipinski definition) is 1. The van der Waals surface area contributed by atoms with Crippen LogP contribution in [0.4, 0.5) is 0 Å². The molecule has 0 aliphatic rings. The van der Waals surface area contributed by atoms with Gasteiger partial charge in [0.1, 0.15) is 5.75 Å². The third-order valence-corrected chi connectivity index (χ3v) is 4.41. The van der Waals surface area contributed by atoms with Gasteiger partial charge in [0.05, 0.1) is 14.2 Å².